The average Bonchev–Trinajstić information content (AvgIpc) is 2.30. The SMILES string of the molecule is Cc1cccnc1-c1nccc(CO)n1. The number of hydrogen-bond acceptors (Lipinski definition) is 4. The fourth-order valence-electron chi connectivity index (χ4n) is 1.32. The van der Waals surface area contributed by atoms with E-state index in [9.17, 15) is 0 Å². The Bertz CT molecular complexity index is 471. The molecule has 0 fully saturated rings. The Morgan fingerprint density at radius 2 is 2.07 bits per heavy atom. The van der Waals surface area contributed by atoms with Crippen molar-refractivity contribution in [3.8, 4) is 11.5 Å². The van der Waals surface area contributed by atoms with E-state index >= 15 is 0 Å². The third-order valence-electron chi connectivity index (χ3n) is 2.10. The van der Waals surface area contributed by atoms with Crippen molar-refractivity contribution in [1.29, 1.82) is 0 Å². The summed E-state index contributed by atoms with van der Waals surface area (Å²) in [5.74, 6) is 0.555. The highest BCUT2D eigenvalue weighted by Gasteiger charge is 2.05. The molecular weight excluding hydrogens is 190 g/mol. The van der Waals surface area contributed by atoms with E-state index in [-0.39, 0.29) is 6.61 Å². The van der Waals surface area contributed by atoms with Crippen molar-refractivity contribution in [2.24, 2.45) is 0 Å². The fourth-order valence-corrected chi connectivity index (χ4v) is 1.32. The highest BCUT2D eigenvalue weighted by atomic mass is 16.3. The van der Waals surface area contributed by atoms with E-state index in [1.807, 2.05) is 19.1 Å². The average molecular weight is 201 g/mol. The van der Waals surface area contributed by atoms with Crippen molar-refractivity contribution >= 4 is 0 Å². The summed E-state index contributed by atoms with van der Waals surface area (Å²) in [5.41, 5.74) is 2.38. The predicted molar refractivity (Wildman–Crippen MR) is 55.9 cm³/mol. The summed E-state index contributed by atoms with van der Waals surface area (Å²) < 4.78 is 0. The zero-order chi connectivity index (χ0) is 10.7. The van der Waals surface area contributed by atoms with E-state index in [1.165, 1.54) is 0 Å². The van der Waals surface area contributed by atoms with Crippen LogP contribution in [0, 0.1) is 6.92 Å². The molecule has 0 spiro atoms. The van der Waals surface area contributed by atoms with Crippen LogP contribution in [-0.4, -0.2) is 20.1 Å². The van der Waals surface area contributed by atoms with E-state index in [4.69, 9.17) is 5.11 Å². The Morgan fingerprint density at radius 1 is 1.20 bits per heavy atom. The molecule has 0 aliphatic rings. The van der Waals surface area contributed by atoms with Crippen LogP contribution in [0.3, 0.4) is 0 Å². The summed E-state index contributed by atoms with van der Waals surface area (Å²) in [6.45, 7) is 1.87. The molecule has 0 aliphatic carbocycles. The van der Waals surface area contributed by atoms with E-state index in [0.29, 0.717) is 11.5 Å². The summed E-state index contributed by atoms with van der Waals surface area (Å²) in [7, 11) is 0. The van der Waals surface area contributed by atoms with E-state index in [2.05, 4.69) is 15.0 Å². The molecule has 0 saturated heterocycles. The predicted octanol–water partition coefficient (Wildman–Crippen LogP) is 1.34. The van der Waals surface area contributed by atoms with Crippen molar-refractivity contribution < 1.29 is 5.11 Å². The minimum atomic E-state index is -0.0819. The maximum atomic E-state index is 8.97. The summed E-state index contributed by atoms with van der Waals surface area (Å²) in [5, 5.41) is 8.97. The zero-order valence-corrected chi connectivity index (χ0v) is 8.38. The molecule has 1 N–H and O–H groups in total. The molecule has 2 aromatic heterocycles. The van der Waals surface area contributed by atoms with Gasteiger partial charge in [0.1, 0.15) is 5.69 Å². The molecule has 0 aromatic carbocycles. The second kappa shape index (κ2) is 4.14. The number of aryl methyl sites for hydroxylation is 1. The van der Waals surface area contributed by atoms with Crippen molar-refractivity contribution in [1.82, 2.24) is 15.0 Å². The fraction of sp³-hybridized carbons (Fsp3) is 0.182. The van der Waals surface area contributed by atoms with Gasteiger partial charge < -0.3 is 5.11 Å². The number of pyridine rings is 1. The topological polar surface area (TPSA) is 58.9 Å². The monoisotopic (exact) mass is 201 g/mol. The lowest BCUT2D eigenvalue weighted by Gasteiger charge is -2.03. The number of hydrogen-bond donors (Lipinski definition) is 1. The second-order valence-corrected chi connectivity index (χ2v) is 3.20. The van der Waals surface area contributed by atoms with Crippen molar-refractivity contribution in [2.75, 3.05) is 0 Å². The lowest BCUT2D eigenvalue weighted by Crippen LogP contribution is -1.97. The summed E-state index contributed by atoms with van der Waals surface area (Å²) >= 11 is 0. The maximum absolute atomic E-state index is 8.97. The first-order valence-corrected chi connectivity index (χ1v) is 4.66. The smallest absolute Gasteiger partial charge is 0.178 e. The second-order valence-electron chi connectivity index (χ2n) is 3.20. The molecule has 2 rings (SSSR count). The molecule has 0 saturated carbocycles. The van der Waals surface area contributed by atoms with Gasteiger partial charge in [-0.1, -0.05) is 6.07 Å². The first kappa shape index (κ1) is 9.73. The van der Waals surface area contributed by atoms with Crippen molar-refractivity contribution in [3.05, 3.63) is 41.9 Å². The van der Waals surface area contributed by atoms with Crippen LogP contribution in [0.15, 0.2) is 30.6 Å². The first-order valence-electron chi connectivity index (χ1n) is 4.66. The third-order valence-corrected chi connectivity index (χ3v) is 2.10. The van der Waals surface area contributed by atoms with Gasteiger partial charge in [-0.2, -0.15) is 0 Å². The van der Waals surface area contributed by atoms with Crippen LogP contribution >= 0.6 is 0 Å². The molecule has 0 radical (unpaired) electrons. The molecule has 0 bridgehead atoms. The maximum Gasteiger partial charge on any atom is 0.178 e. The molecule has 0 aliphatic heterocycles. The van der Waals surface area contributed by atoms with E-state index in [1.54, 1.807) is 18.5 Å². The largest absolute Gasteiger partial charge is 0.390 e. The van der Waals surface area contributed by atoms with Gasteiger partial charge in [0.15, 0.2) is 5.82 Å². The Hall–Kier alpha value is -1.81. The molecule has 4 heteroatoms. The molecule has 4 nitrogen and oxygen atoms in total. The highest BCUT2D eigenvalue weighted by Crippen LogP contribution is 2.15. The molecule has 76 valence electrons. The third kappa shape index (κ3) is 1.99. The Kier molecular flexibility index (Phi) is 2.69. The van der Waals surface area contributed by atoms with Crippen LogP contribution in [0.2, 0.25) is 0 Å². The standard InChI is InChI=1S/C11H11N3O/c1-8-3-2-5-12-10(8)11-13-6-4-9(7-15)14-11/h2-6,15H,7H2,1H3. The van der Waals surface area contributed by atoms with Crippen LogP contribution in [0.5, 0.6) is 0 Å². The summed E-state index contributed by atoms with van der Waals surface area (Å²) in [6.07, 6.45) is 3.33. The van der Waals surface area contributed by atoms with Gasteiger partial charge in [-0.15, -0.1) is 0 Å². The van der Waals surface area contributed by atoms with Gasteiger partial charge in [-0.3, -0.25) is 4.98 Å². The van der Waals surface area contributed by atoms with Crippen LogP contribution in [0.4, 0.5) is 0 Å². The van der Waals surface area contributed by atoms with Gasteiger partial charge in [-0.25, -0.2) is 9.97 Å². The van der Waals surface area contributed by atoms with Crippen LogP contribution in [-0.2, 0) is 6.61 Å². The minimum Gasteiger partial charge on any atom is -0.390 e. The highest BCUT2D eigenvalue weighted by molar-refractivity contribution is 5.53. The first-order chi connectivity index (χ1) is 7.31. The van der Waals surface area contributed by atoms with Crippen molar-refractivity contribution in [2.45, 2.75) is 13.5 Å². The van der Waals surface area contributed by atoms with Gasteiger partial charge >= 0.3 is 0 Å². The Labute approximate surface area is 87.7 Å². The molecule has 0 amide bonds. The normalized spacial score (nSPS) is 10.3. The van der Waals surface area contributed by atoms with Crippen LogP contribution in [0.1, 0.15) is 11.3 Å². The number of nitrogens with zero attached hydrogens (tertiary/aromatic N) is 3. The van der Waals surface area contributed by atoms with E-state index in [0.717, 1.165) is 11.3 Å². The molecule has 0 unspecified atom stereocenters. The summed E-state index contributed by atoms with van der Waals surface area (Å²) in [4.78, 5) is 12.5. The summed E-state index contributed by atoms with van der Waals surface area (Å²) in [6, 6.07) is 5.51. The van der Waals surface area contributed by atoms with Gasteiger partial charge in [0.05, 0.1) is 12.3 Å². The molecule has 15 heavy (non-hydrogen) atoms. The zero-order valence-electron chi connectivity index (χ0n) is 8.38. The molecule has 2 heterocycles. The number of aromatic nitrogens is 3. The van der Waals surface area contributed by atoms with Gasteiger partial charge in [0.2, 0.25) is 0 Å². The Morgan fingerprint density at radius 3 is 2.80 bits per heavy atom. The number of aliphatic hydroxyl groups is 1. The van der Waals surface area contributed by atoms with Gasteiger partial charge in [0.25, 0.3) is 0 Å². The number of aliphatic hydroxyl groups excluding tert-OH is 1. The lowest BCUT2D eigenvalue weighted by molar-refractivity contribution is 0.277. The molecular formula is C11H11N3O. The van der Waals surface area contributed by atoms with Gasteiger partial charge in [0, 0.05) is 12.4 Å². The Balaban J connectivity index is 2.49. The molecule has 2 aromatic rings. The van der Waals surface area contributed by atoms with Gasteiger partial charge in [-0.05, 0) is 24.6 Å². The van der Waals surface area contributed by atoms with E-state index < -0.39 is 0 Å². The molecule has 0 atom stereocenters. The quantitative estimate of drug-likeness (QED) is 0.796. The lowest BCUT2D eigenvalue weighted by atomic mass is 10.2. The van der Waals surface area contributed by atoms with Crippen LogP contribution < -0.4 is 0 Å². The number of rotatable bonds is 2. The van der Waals surface area contributed by atoms with Crippen LogP contribution in [0.25, 0.3) is 11.5 Å². The van der Waals surface area contributed by atoms with Crippen molar-refractivity contribution in [3.63, 3.8) is 0 Å². The minimum absolute atomic E-state index is 0.0819.